The molecule has 4 heteroatoms. The smallest absolute Gasteiger partial charge is 0.220 e. The van der Waals surface area contributed by atoms with E-state index in [4.69, 9.17) is 0 Å². The van der Waals surface area contributed by atoms with Gasteiger partial charge in [-0.25, -0.2) is 4.39 Å². The Bertz CT molecular complexity index is 672. The Morgan fingerprint density at radius 1 is 1.13 bits per heavy atom. The molecule has 0 saturated heterocycles. The molecule has 2 aromatic carbocycles. The number of hydrogen-bond acceptors (Lipinski definition) is 2. The van der Waals surface area contributed by atoms with Crippen molar-refractivity contribution in [2.45, 2.75) is 32.3 Å². The first-order chi connectivity index (χ1) is 11.0. The van der Waals surface area contributed by atoms with E-state index in [9.17, 15) is 14.3 Å². The van der Waals surface area contributed by atoms with Crippen LogP contribution in [0.25, 0.3) is 0 Å². The van der Waals surface area contributed by atoms with Crippen molar-refractivity contribution in [3.8, 4) is 0 Å². The Hall–Kier alpha value is -2.20. The summed E-state index contributed by atoms with van der Waals surface area (Å²) in [6, 6.07) is 14.0. The first-order valence-electron chi connectivity index (χ1n) is 7.73. The number of aryl methyl sites for hydroxylation is 1. The molecule has 2 rings (SSSR count). The quantitative estimate of drug-likeness (QED) is 0.857. The molecule has 2 unspecified atom stereocenters. The van der Waals surface area contributed by atoms with Crippen LogP contribution in [-0.4, -0.2) is 17.6 Å². The van der Waals surface area contributed by atoms with Crippen LogP contribution in [-0.2, 0) is 4.79 Å². The van der Waals surface area contributed by atoms with Crippen molar-refractivity contribution in [2.75, 3.05) is 6.54 Å². The van der Waals surface area contributed by atoms with Gasteiger partial charge in [0.15, 0.2) is 0 Å². The first kappa shape index (κ1) is 17.2. The van der Waals surface area contributed by atoms with Crippen LogP contribution in [0.4, 0.5) is 4.39 Å². The van der Waals surface area contributed by atoms with Gasteiger partial charge in [0, 0.05) is 13.0 Å². The molecule has 0 radical (unpaired) electrons. The molecule has 0 aliphatic rings. The zero-order chi connectivity index (χ0) is 16.8. The van der Waals surface area contributed by atoms with E-state index in [2.05, 4.69) is 5.32 Å². The fraction of sp³-hybridized carbons (Fsp3) is 0.316. The summed E-state index contributed by atoms with van der Waals surface area (Å²) in [5.41, 5.74) is 2.31. The molecule has 2 N–H and O–H groups in total. The number of aliphatic hydroxyl groups excluding tert-OH is 1. The second-order valence-corrected chi connectivity index (χ2v) is 5.80. The van der Waals surface area contributed by atoms with Gasteiger partial charge in [-0.3, -0.25) is 4.79 Å². The first-order valence-corrected chi connectivity index (χ1v) is 7.73. The zero-order valence-corrected chi connectivity index (χ0v) is 13.4. The average molecular weight is 315 g/mol. The maximum atomic E-state index is 13.7. The predicted octanol–water partition coefficient (Wildman–Crippen LogP) is 3.48. The van der Waals surface area contributed by atoms with E-state index in [0.29, 0.717) is 5.56 Å². The highest BCUT2D eigenvalue weighted by Crippen LogP contribution is 2.22. The Labute approximate surface area is 136 Å². The Kier molecular flexibility index (Phi) is 5.88. The van der Waals surface area contributed by atoms with Crippen molar-refractivity contribution in [1.82, 2.24) is 5.32 Å². The van der Waals surface area contributed by atoms with Gasteiger partial charge in [0.05, 0.1) is 6.10 Å². The van der Waals surface area contributed by atoms with E-state index in [-0.39, 0.29) is 30.6 Å². The normalized spacial score (nSPS) is 13.4. The SMILES string of the molecule is Cc1ccccc1C(O)CNC(=O)CC(C)c1ccccc1F. The van der Waals surface area contributed by atoms with Gasteiger partial charge in [0.25, 0.3) is 0 Å². The Morgan fingerprint density at radius 2 is 1.74 bits per heavy atom. The molecule has 0 spiro atoms. The van der Waals surface area contributed by atoms with E-state index in [0.717, 1.165) is 11.1 Å². The molecule has 1 amide bonds. The molecule has 0 bridgehead atoms. The largest absolute Gasteiger partial charge is 0.387 e. The van der Waals surface area contributed by atoms with E-state index in [1.807, 2.05) is 38.1 Å². The summed E-state index contributed by atoms with van der Waals surface area (Å²) in [4.78, 5) is 12.0. The van der Waals surface area contributed by atoms with E-state index >= 15 is 0 Å². The lowest BCUT2D eigenvalue weighted by Gasteiger charge is -2.16. The number of nitrogens with one attached hydrogen (secondary N) is 1. The Morgan fingerprint density at radius 3 is 2.39 bits per heavy atom. The maximum Gasteiger partial charge on any atom is 0.220 e. The zero-order valence-electron chi connectivity index (χ0n) is 13.4. The molecule has 2 atom stereocenters. The van der Waals surface area contributed by atoms with Crippen LogP contribution in [0.3, 0.4) is 0 Å². The number of rotatable bonds is 6. The number of amides is 1. The summed E-state index contributed by atoms with van der Waals surface area (Å²) >= 11 is 0. The summed E-state index contributed by atoms with van der Waals surface area (Å²) in [7, 11) is 0. The summed E-state index contributed by atoms with van der Waals surface area (Å²) in [5, 5.41) is 12.9. The number of benzene rings is 2. The number of halogens is 1. The second kappa shape index (κ2) is 7.88. The molecule has 23 heavy (non-hydrogen) atoms. The fourth-order valence-electron chi connectivity index (χ4n) is 2.62. The molecule has 3 nitrogen and oxygen atoms in total. The van der Waals surface area contributed by atoms with Gasteiger partial charge in [-0.1, -0.05) is 49.4 Å². The fourth-order valence-corrected chi connectivity index (χ4v) is 2.62. The number of carbonyl (C=O) groups is 1. The lowest BCUT2D eigenvalue weighted by atomic mass is 9.97. The summed E-state index contributed by atoms with van der Waals surface area (Å²) in [6.07, 6.45) is -0.564. The maximum absolute atomic E-state index is 13.7. The van der Waals surface area contributed by atoms with Crippen molar-refractivity contribution in [2.24, 2.45) is 0 Å². The minimum absolute atomic E-state index is 0.147. The molecule has 0 aromatic heterocycles. The van der Waals surface area contributed by atoms with Crippen LogP contribution in [0.5, 0.6) is 0 Å². The topological polar surface area (TPSA) is 49.3 Å². The predicted molar refractivity (Wildman–Crippen MR) is 88.6 cm³/mol. The standard InChI is InChI=1S/C19H22FNO2/c1-13-7-3-4-9-16(13)18(22)12-21-19(23)11-14(2)15-8-5-6-10-17(15)20/h3-10,14,18,22H,11-12H2,1-2H3,(H,21,23). The van der Waals surface area contributed by atoms with E-state index in [1.165, 1.54) is 6.07 Å². The van der Waals surface area contributed by atoms with Crippen molar-refractivity contribution >= 4 is 5.91 Å². The van der Waals surface area contributed by atoms with Gasteiger partial charge in [0.1, 0.15) is 5.82 Å². The van der Waals surface area contributed by atoms with Gasteiger partial charge in [-0.15, -0.1) is 0 Å². The van der Waals surface area contributed by atoms with E-state index < -0.39 is 6.10 Å². The summed E-state index contributed by atoms with van der Waals surface area (Å²) in [5.74, 6) is -0.715. The Balaban J connectivity index is 1.88. The van der Waals surface area contributed by atoms with Crippen LogP contribution in [0.15, 0.2) is 48.5 Å². The molecule has 0 aliphatic heterocycles. The van der Waals surface area contributed by atoms with Crippen LogP contribution in [0.1, 0.15) is 42.1 Å². The van der Waals surface area contributed by atoms with Crippen molar-refractivity contribution in [1.29, 1.82) is 0 Å². The minimum atomic E-state index is -0.746. The highest BCUT2D eigenvalue weighted by Gasteiger charge is 2.16. The molecule has 0 aliphatic carbocycles. The van der Waals surface area contributed by atoms with Crippen LogP contribution < -0.4 is 5.32 Å². The number of aliphatic hydroxyl groups is 1. The van der Waals surface area contributed by atoms with Gasteiger partial charge >= 0.3 is 0 Å². The summed E-state index contributed by atoms with van der Waals surface area (Å²) < 4.78 is 13.7. The van der Waals surface area contributed by atoms with Crippen molar-refractivity contribution in [3.63, 3.8) is 0 Å². The van der Waals surface area contributed by atoms with Gasteiger partial charge in [0.2, 0.25) is 5.91 Å². The molecule has 0 heterocycles. The van der Waals surface area contributed by atoms with Gasteiger partial charge < -0.3 is 10.4 Å². The highest BCUT2D eigenvalue weighted by molar-refractivity contribution is 5.76. The second-order valence-electron chi connectivity index (χ2n) is 5.80. The molecular formula is C19H22FNO2. The van der Waals surface area contributed by atoms with Crippen LogP contribution in [0.2, 0.25) is 0 Å². The third kappa shape index (κ3) is 4.63. The van der Waals surface area contributed by atoms with Crippen LogP contribution >= 0.6 is 0 Å². The van der Waals surface area contributed by atoms with Crippen molar-refractivity contribution in [3.05, 3.63) is 71.0 Å². The van der Waals surface area contributed by atoms with Gasteiger partial charge in [-0.05, 0) is 35.6 Å². The third-order valence-corrected chi connectivity index (χ3v) is 3.97. The third-order valence-electron chi connectivity index (χ3n) is 3.97. The number of carbonyl (C=O) groups excluding carboxylic acids is 1. The van der Waals surface area contributed by atoms with Crippen molar-refractivity contribution < 1.29 is 14.3 Å². The molecule has 0 fully saturated rings. The lowest BCUT2D eigenvalue weighted by Crippen LogP contribution is -2.29. The molecule has 0 saturated carbocycles. The van der Waals surface area contributed by atoms with Gasteiger partial charge in [-0.2, -0.15) is 0 Å². The monoisotopic (exact) mass is 315 g/mol. The number of hydrogen-bond donors (Lipinski definition) is 2. The molecule has 2 aromatic rings. The summed E-state index contributed by atoms with van der Waals surface area (Å²) in [6.45, 7) is 3.88. The molecule has 122 valence electrons. The average Bonchev–Trinajstić information content (AvgIpc) is 2.53. The highest BCUT2D eigenvalue weighted by atomic mass is 19.1. The molecular weight excluding hydrogens is 293 g/mol. The minimum Gasteiger partial charge on any atom is -0.387 e. The lowest BCUT2D eigenvalue weighted by molar-refractivity contribution is -0.121. The van der Waals surface area contributed by atoms with Crippen LogP contribution in [0, 0.1) is 12.7 Å². The van der Waals surface area contributed by atoms with E-state index in [1.54, 1.807) is 18.2 Å².